The van der Waals surface area contributed by atoms with Gasteiger partial charge in [-0.1, -0.05) is 56.3 Å². The summed E-state index contributed by atoms with van der Waals surface area (Å²) in [5, 5.41) is 15.0. The van der Waals surface area contributed by atoms with Crippen LogP contribution in [0, 0.1) is 5.92 Å². The summed E-state index contributed by atoms with van der Waals surface area (Å²) in [5.74, 6) is -0.867. The van der Waals surface area contributed by atoms with Crippen LogP contribution in [0.25, 0.3) is 0 Å². The van der Waals surface area contributed by atoms with E-state index in [1.807, 2.05) is 44.2 Å². The van der Waals surface area contributed by atoms with Crippen molar-refractivity contribution in [3.05, 3.63) is 65.7 Å². The maximum absolute atomic E-state index is 14.0. The van der Waals surface area contributed by atoms with Crippen molar-refractivity contribution in [3.8, 4) is 5.75 Å². The van der Waals surface area contributed by atoms with Crippen LogP contribution in [0.5, 0.6) is 5.75 Å². The Balaban J connectivity index is 1.88. The maximum atomic E-state index is 14.0. The molecule has 2 aromatic rings. The van der Waals surface area contributed by atoms with E-state index in [1.165, 1.54) is 0 Å². The quantitative estimate of drug-likeness (QED) is 0.224. The molecule has 0 saturated carbocycles. The van der Waals surface area contributed by atoms with Gasteiger partial charge in [0.2, 0.25) is 0 Å². The number of aliphatic hydroxyl groups excluding tert-OH is 1. The van der Waals surface area contributed by atoms with Gasteiger partial charge in [-0.15, -0.1) is 0 Å². The van der Waals surface area contributed by atoms with Crippen LogP contribution in [0.15, 0.2) is 54.6 Å². The molecule has 236 valence electrons. The average Bonchev–Trinajstić information content (AvgIpc) is 2.95. The van der Waals surface area contributed by atoms with Crippen LogP contribution in [0.3, 0.4) is 0 Å². The molecule has 2 aromatic carbocycles. The number of ether oxygens (including phenoxy) is 4. The summed E-state index contributed by atoms with van der Waals surface area (Å²) in [4.78, 5) is 40.3. The second-order valence-electron chi connectivity index (χ2n) is 12.2. The van der Waals surface area contributed by atoms with E-state index in [0.29, 0.717) is 30.8 Å². The van der Waals surface area contributed by atoms with E-state index in [4.69, 9.17) is 18.9 Å². The molecule has 3 rings (SSSR count). The van der Waals surface area contributed by atoms with Gasteiger partial charge in [-0.2, -0.15) is 0 Å². The molecule has 2 amide bonds. The first-order chi connectivity index (χ1) is 20.4. The summed E-state index contributed by atoms with van der Waals surface area (Å²) in [7, 11) is 0. The van der Waals surface area contributed by atoms with Crippen LogP contribution < -0.4 is 15.4 Å². The van der Waals surface area contributed by atoms with Crippen molar-refractivity contribution >= 4 is 18.0 Å². The fraction of sp³-hybridized carbons (Fsp3) is 0.545. The molecule has 1 aliphatic heterocycles. The zero-order chi connectivity index (χ0) is 31.4. The highest BCUT2D eigenvalue weighted by Crippen LogP contribution is 2.21. The number of aliphatic hydroxyl groups is 1. The van der Waals surface area contributed by atoms with E-state index in [0.717, 1.165) is 18.4 Å². The molecular formula is C33H46N2O8. The van der Waals surface area contributed by atoms with Gasteiger partial charge in [0.1, 0.15) is 17.4 Å². The molecule has 0 radical (unpaired) electrons. The monoisotopic (exact) mass is 598 g/mol. The van der Waals surface area contributed by atoms with Crippen LogP contribution in [0.4, 0.5) is 4.79 Å². The molecule has 1 heterocycles. The van der Waals surface area contributed by atoms with E-state index >= 15 is 0 Å². The van der Waals surface area contributed by atoms with E-state index in [9.17, 15) is 19.5 Å². The van der Waals surface area contributed by atoms with Gasteiger partial charge in [-0.05, 0) is 82.1 Å². The predicted molar refractivity (Wildman–Crippen MR) is 161 cm³/mol. The second kappa shape index (κ2) is 16.4. The summed E-state index contributed by atoms with van der Waals surface area (Å²) in [6, 6.07) is 14.1. The topological polar surface area (TPSA) is 132 Å². The number of rotatable bonds is 13. The zero-order valence-electron chi connectivity index (χ0n) is 25.8. The molecule has 1 fully saturated rings. The molecule has 10 nitrogen and oxygen atoms in total. The third-order valence-corrected chi connectivity index (χ3v) is 6.69. The van der Waals surface area contributed by atoms with Crippen LogP contribution in [-0.4, -0.2) is 59.8 Å². The second-order valence-corrected chi connectivity index (χ2v) is 12.2. The number of benzene rings is 2. The average molecular weight is 599 g/mol. The molecule has 3 N–H and O–H groups in total. The summed E-state index contributed by atoms with van der Waals surface area (Å²) in [6.07, 6.45) is 0.391. The Hall–Kier alpha value is -3.47. The Labute approximate surface area is 254 Å². The fourth-order valence-corrected chi connectivity index (χ4v) is 4.67. The highest BCUT2D eigenvalue weighted by molar-refractivity contribution is 5.88. The van der Waals surface area contributed by atoms with Crippen LogP contribution >= 0.6 is 0 Å². The third-order valence-electron chi connectivity index (χ3n) is 6.69. The van der Waals surface area contributed by atoms with E-state index in [1.54, 1.807) is 45.0 Å². The van der Waals surface area contributed by atoms with Gasteiger partial charge in [-0.25, -0.2) is 9.59 Å². The predicted octanol–water partition coefficient (Wildman–Crippen LogP) is 4.66. The molecule has 0 aromatic heterocycles. The highest BCUT2D eigenvalue weighted by Gasteiger charge is 2.37. The van der Waals surface area contributed by atoms with Crippen molar-refractivity contribution in [2.24, 2.45) is 5.92 Å². The van der Waals surface area contributed by atoms with Gasteiger partial charge < -0.3 is 34.7 Å². The van der Waals surface area contributed by atoms with Crippen LogP contribution in [0.2, 0.25) is 0 Å². The van der Waals surface area contributed by atoms with Gasteiger partial charge in [0.15, 0.2) is 12.4 Å². The van der Waals surface area contributed by atoms with Crippen LogP contribution in [0.1, 0.15) is 71.4 Å². The lowest BCUT2D eigenvalue weighted by atomic mass is 9.99. The van der Waals surface area contributed by atoms with Crippen molar-refractivity contribution in [2.75, 3.05) is 6.61 Å². The highest BCUT2D eigenvalue weighted by atomic mass is 16.7. The lowest BCUT2D eigenvalue weighted by molar-refractivity contribution is -0.197. The molecule has 10 heteroatoms. The van der Waals surface area contributed by atoms with Crippen molar-refractivity contribution in [1.29, 1.82) is 0 Å². The van der Waals surface area contributed by atoms with E-state index in [-0.39, 0.29) is 18.9 Å². The standard InChI is InChI=1S/C33H46N2O8/c1-22(2)19-27(31(38)41-25-16-14-24(21-36)15-17-25)34-30(37)29(42-28-13-9-10-18-40-28)26(20-23-11-7-6-8-12-23)35-32(39)43-33(3,4)5/h6-8,11-12,14-17,22,26-29,36H,9-10,13,18-21H2,1-5H3,(H,34,37)(H,35,39)/t26-,27+,28?,29+/m1/s1. The SMILES string of the molecule is CC(C)C[C@H](NC(=O)[C@@H](OC1CCCCO1)[C@@H](Cc1ccccc1)NC(=O)OC(C)(C)C)C(=O)Oc1ccc(CO)cc1. The van der Waals surface area contributed by atoms with Gasteiger partial charge >= 0.3 is 12.1 Å². The van der Waals surface area contributed by atoms with Gasteiger partial charge in [0, 0.05) is 6.61 Å². The Morgan fingerprint density at radius 3 is 2.26 bits per heavy atom. The van der Waals surface area contributed by atoms with E-state index in [2.05, 4.69) is 10.6 Å². The van der Waals surface area contributed by atoms with Crippen molar-refractivity contribution in [2.45, 2.75) is 103 Å². The summed E-state index contributed by atoms with van der Waals surface area (Å²) in [5.41, 5.74) is 0.797. The largest absolute Gasteiger partial charge is 0.444 e. The maximum Gasteiger partial charge on any atom is 0.407 e. The number of esters is 1. The molecule has 43 heavy (non-hydrogen) atoms. The first-order valence-corrected chi connectivity index (χ1v) is 15.0. The first kappa shape index (κ1) is 34.0. The smallest absolute Gasteiger partial charge is 0.407 e. The third kappa shape index (κ3) is 12.0. The number of amides is 2. The van der Waals surface area contributed by atoms with Gasteiger partial charge in [0.05, 0.1) is 12.6 Å². The number of nitrogens with one attached hydrogen (secondary N) is 2. The normalized spacial score (nSPS) is 17.4. The Morgan fingerprint density at radius 2 is 1.67 bits per heavy atom. The Morgan fingerprint density at radius 1 is 0.977 bits per heavy atom. The van der Waals surface area contributed by atoms with Gasteiger partial charge in [-0.3, -0.25) is 4.79 Å². The fourth-order valence-electron chi connectivity index (χ4n) is 4.67. The molecule has 1 saturated heterocycles. The molecule has 4 atom stereocenters. The van der Waals surface area contributed by atoms with Crippen molar-refractivity contribution in [1.82, 2.24) is 10.6 Å². The lowest BCUT2D eigenvalue weighted by Gasteiger charge is -2.33. The number of alkyl carbamates (subject to hydrolysis) is 1. The number of hydrogen-bond donors (Lipinski definition) is 3. The minimum Gasteiger partial charge on any atom is -0.444 e. The molecule has 0 aliphatic carbocycles. The first-order valence-electron chi connectivity index (χ1n) is 15.0. The molecule has 0 bridgehead atoms. The lowest BCUT2D eigenvalue weighted by Crippen LogP contribution is -2.57. The van der Waals surface area contributed by atoms with E-state index < -0.39 is 48.0 Å². The number of carbonyl (C=O) groups is 3. The summed E-state index contributed by atoms with van der Waals surface area (Å²) in [6.45, 7) is 9.52. The number of hydrogen-bond acceptors (Lipinski definition) is 8. The number of carbonyl (C=O) groups excluding carboxylic acids is 3. The minimum atomic E-state index is -1.21. The van der Waals surface area contributed by atoms with Crippen molar-refractivity contribution in [3.63, 3.8) is 0 Å². The minimum absolute atomic E-state index is 0.0515. The molecular weight excluding hydrogens is 552 g/mol. The Bertz CT molecular complexity index is 1160. The Kier molecular flexibility index (Phi) is 13.0. The summed E-state index contributed by atoms with van der Waals surface area (Å²) >= 11 is 0. The summed E-state index contributed by atoms with van der Waals surface area (Å²) < 4.78 is 23.2. The zero-order valence-corrected chi connectivity index (χ0v) is 25.8. The molecule has 1 aliphatic rings. The van der Waals surface area contributed by atoms with Crippen molar-refractivity contribution < 1.29 is 38.4 Å². The molecule has 1 unspecified atom stereocenters. The van der Waals surface area contributed by atoms with Gasteiger partial charge in [0.25, 0.3) is 5.91 Å². The molecule has 0 spiro atoms. The van der Waals surface area contributed by atoms with Crippen LogP contribution in [-0.2, 0) is 36.8 Å².